The first-order valence-electron chi connectivity index (χ1n) is 22.5. The summed E-state index contributed by atoms with van der Waals surface area (Å²) in [5.74, 6) is 0.834. The second-order valence-corrected chi connectivity index (χ2v) is 19.4. The zero-order valence-electron chi connectivity index (χ0n) is 37.4. The van der Waals surface area contributed by atoms with E-state index in [9.17, 15) is 18.3 Å². The molecule has 12 heteroatoms. The van der Waals surface area contributed by atoms with E-state index in [2.05, 4.69) is 10.0 Å². The first-order valence-corrected chi connectivity index (χ1v) is 25.0. The fourth-order valence-corrected chi connectivity index (χ4v) is 10.3. The van der Waals surface area contributed by atoms with E-state index < -0.39 is 28.3 Å². The van der Waals surface area contributed by atoms with Crippen molar-refractivity contribution >= 4 is 27.7 Å². The lowest BCUT2D eigenvalue weighted by Gasteiger charge is -2.36. The molecule has 1 amide bonds. The monoisotopic (exact) mass is 941 g/mol. The van der Waals surface area contributed by atoms with Crippen molar-refractivity contribution in [2.45, 2.75) is 67.6 Å². The summed E-state index contributed by atoms with van der Waals surface area (Å²) >= 11 is 1.51. The molecule has 2 heterocycles. The Kier molecular flexibility index (Phi) is 14.7. The topological polar surface area (TPSA) is 140 Å². The summed E-state index contributed by atoms with van der Waals surface area (Å²) in [4.78, 5) is 19.0. The van der Waals surface area contributed by atoms with Gasteiger partial charge in [0.25, 0.3) is 5.22 Å². The molecule has 10 nitrogen and oxygen atoms in total. The first kappa shape index (κ1) is 46.5. The summed E-state index contributed by atoms with van der Waals surface area (Å²) in [6.07, 6.45) is -0.437. The van der Waals surface area contributed by atoms with Crippen molar-refractivity contribution in [3.8, 4) is 33.7 Å². The molecule has 1 aliphatic rings. The third-order valence-corrected chi connectivity index (χ3v) is 14.3. The number of nitrogens with zero attached hydrogens (tertiary/aromatic N) is 1. The summed E-state index contributed by atoms with van der Waals surface area (Å²) in [5.41, 5.74) is 9.80. The number of sulfonamides is 1. The molecule has 344 valence electrons. The molecular weight excluding hydrogens is 891 g/mol. The lowest BCUT2D eigenvalue weighted by atomic mass is 9.97. The number of benzene rings is 7. The molecule has 9 rings (SSSR count). The van der Waals surface area contributed by atoms with Gasteiger partial charge in [-0.1, -0.05) is 193 Å². The van der Waals surface area contributed by atoms with Crippen LogP contribution in [-0.2, 0) is 43.9 Å². The molecule has 1 aliphatic heterocycles. The van der Waals surface area contributed by atoms with Gasteiger partial charge in [-0.15, -0.1) is 0 Å². The molecule has 7 aromatic carbocycles. The lowest BCUT2D eigenvalue weighted by Crippen LogP contribution is -2.47. The van der Waals surface area contributed by atoms with Crippen LogP contribution in [0.15, 0.2) is 203 Å². The number of rotatable bonds is 17. The maximum Gasteiger partial charge on any atom is 0.256 e. The molecule has 68 heavy (non-hydrogen) atoms. The van der Waals surface area contributed by atoms with Crippen molar-refractivity contribution in [3.63, 3.8) is 0 Å². The van der Waals surface area contributed by atoms with Crippen LogP contribution in [0.1, 0.15) is 52.2 Å². The second kappa shape index (κ2) is 21.5. The fourth-order valence-electron chi connectivity index (χ4n) is 8.22. The number of aromatic nitrogens is 1. The van der Waals surface area contributed by atoms with Gasteiger partial charge in [-0.3, -0.25) is 4.79 Å². The molecule has 8 aromatic rings. The van der Waals surface area contributed by atoms with Gasteiger partial charge in [0.15, 0.2) is 12.1 Å². The van der Waals surface area contributed by atoms with Crippen LogP contribution in [0.25, 0.3) is 33.7 Å². The van der Waals surface area contributed by atoms with E-state index >= 15 is 0 Å². The number of carbonyl (C=O) groups excluding carboxylic acids is 1. The van der Waals surface area contributed by atoms with Crippen LogP contribution >= 0.6 is 11.8 Å². The highest BCUT2D eigenvalue weighted by Crippen LogP contribution is 2.41. The van der Waals surface area contributed by atoms with Crippen molar-refractivity contribution in [1.82, 2.24) is 15.0 Å². The number of hydrogen-bond donors (Lipinski definition) is 3. The standard InChI is InChI=1S/C56H51N3O7S2/c1-38-21-31-48(32-22-38)68(62,63)59-50(33-39-13-5-2-6-14-39)54(61)57-35-46-19-11-12-20-49(46)41-27-29-45(30-28-41)55-64-47(34-51(65-55)42-25-23-40(36-60)24-26-42)37-67-56-58-52(43-15-7-3-8-16-43)53(66-56)44-17-9-4-10-18-44/h2-32,47,50-51,55,59-60H,33-37H2,1H3,(H,57,61)/t47-,50-,51+,55+/m1/s1. The fraction of sp³-hybridized carbons (Fsp3) is 0.179. The van der Waals surface area contributed by atoms with Crippen LogP contribution in [0.3, 0.4) is 0 Å². The molecule has 1 saturated heterocycles. The Morgan fingerprint density at radius 3 is 2.03 bits per heavy atom. The summed E-state index contributed by atoms with van der Waals surface area (Å²) in [6, 6.07) is 58.6. The highest BCUT2D eigenvalue weighted by atomic mass is 32.2. The number of ether oxygens (including phenoxy) is 2. The van der Waals surface area contributed by atoms with Crippen molar-refractivity contribution < 1.29 is 32.2 Å². The zero-order chi connectivity index (χ0) is 46.9. The van der Waals surface area contributed by atoms with E-state index in [1.807, 2.05) is 171 Å². The van der Waals surface area contributed by atoms with E-state index in [0.717, 1.165) is 61.3 Å². The predicted octanol–water partition coefficient (Wildman–Crippen LogP) is 11.0. The molecule has 0 aliphatic carbocycles. The average Bonchev–Trinajstić information content (AvgIpc) is 3.83. The number of nitrogens with one attached hydrogen (secondary N) is 2. The second-order valence-electron chi connectivity index (χ2n) is 16.7. The lowest BCUT2D eigenvalue weighted by molar-refractivity contribution is -0.245. The van der Waals surface area contributed by atoms with Crippen molar-refractivity contribution in [3.05, 3.63) is 221 Å². The van der Waals surface area contributed by atoms with Crippen LogP contribution in [0.2, 0.25) is 0 Å². The molecule has 0 saturated carbocycles. The van der Waals surface area contributed by atoms with E-state index in [-0.39, 0.29) is 36.7 Å². The zero-order valence-corrected chi connectivity index (χ0v) is 39.0. The van der Waals surface area contributed by atoms with Gasteiger partial charge >= 0.3 is 0 Å². The molecule has 1 aromatic heterocycles. The molecule has 3 N–H and O–H groups in total. The maximum atomic E-state index is 13.9. The molecule has 0 bridgehead atoms. The third-order valence-electron chi connectivity index (χ3n) is 11.9. The summed E-state index contributed by atoms with van der Waals surface area (Å²) in [5, 5.41) is 13.3. The Labute approximate surface area is 401 Å². The minimum absolute atomic E-state index is 0.0460. The van der Waals surface area contributed by atoms with Crippen LogP contribution < -0.4 is 10.0 Å². The third kappa shape index (κ3) is 11.4. The largest absolute Gasteiger partial charge is 0.431 e. The average molecular weight is 942 g/mol. The Bertz CT molecular complexity index is 2970. The molecule has 0 radical (unpaired) electrons. The van der Waals surface area contributed by atoms with Gasteiger partial charge in [-0.05, 0) is 58.9 Å². The summed E-state index contributed by atoms with van der Waals surface area (Å²) in [6.45, 7) is 2.01. The van der Waals surface area contributed by atoms with Crippen molar-refractivity contribution in [2.24, 2.45) is 0 Å². The number of amides is 1. The predicted molar refractivity (Wildman–Crippen MR) is 266 cm³/mol. The van der Waals surface area contributed by atoms with E-state index in [1.54, 1.807) is 24.3 Å². The van der Waals surface area contributed by atoms with Crippen molar-refractivity contribution in [1.29, 1.82) is 0 Å². The Morgan fingerprint density at radius 1 is 0.706 bits per heavy atom. The summed E-state index contributed by atoms with van der Waals surface area (Å²) < 4.78 is 49.5. The smallest absolute Gasteiger partial charge is 0.256 e. The Morgan fingerprint density at radius 2 is 1.34 bits per heavy atom. The van der Waals surface area contributed by atoms with Crippen LogP contribution in [0.5, 0.6) is 0 Å². The van der Waals surface area contributed by atoms with Crippen LogP contribution in [0, 0.1) is 6.92 Å². The van der Waals surface area contributed by atoms with Gasteiger partial charge in [0.1, 0.15) is 11.7 Å². The minimum atomic E-state index is -4.00. The highest BCUT2D eigenvalue weighted by Gasteiger charge is 2.33. The number of aliphatic hydroxyl groups excluding tert-OH is 1. The van der Waals surface area contributed by atoms with Crippen LogP contribution in [-0.4, -0.2) is 42.3 Å². The van der Waals surface area contributed by atoms with Crippen molar-refractivity contribution in [2.75, 3.05) is 5.75 Å². The SMILES string of the molecule is Cc1ccc(S(=O)(=O)N[C@H](Cc2ccccc2)C(=O)NCc2ccccc2-c2ccc([C@H]3O[C@@H](CSc4nc(-c5ccccc5)c(-c5ccccc5)o4)C[C@@H](c4ccc(CO)cc4)O3)cc2)cc1. The molecule has 4 atom stereocenters. The van der Waals surface area contributed by atoms with Gasteiger partial charge in [-0.25, -0.2) is 13.4 Å². The van der Waals surface area contributed by atoms with E-state index in [0.29, 0.717) is 23.2 Å². The summed E-state index contributed by atoms with van der Waals surface area (Å²) in [7, 11) is -4.00. The number of oxazole rings is 1. The van der Waals surface area contributed by atoms with E-state index in [1.165, 1.54) is 11.8 Å². The van der Waals surface area contributed by atoms with Crippen LogP contribution in [0.4, 0.5) is 0 Å². The number of aryl methyl sites for hydroxylation is 1. The number of hydrogen-bond acceptors (Lipinski definition) is 9. The Balaban J connectivity index is 0.919. The number of thioether (sulfide) groups is 1. The van der Waals surface area contributed by atoms with Gasteiger partial charge in [0.05, 0.1) is 23.7 Å². The highest BCUT2D eigenvalue weighted by molar-refractivity contribution is 7.99. The number of carbonyl (C=O) groups is 1. The first-order chi connectivity index (χ1) is 33.2. The normalized spacial score (nSPS) is 16.5. The molecule has 1 fully saturated rings. The van der Waals surface area contributed by atoms with Gasteiger partial charge in [0.2, 0.25) is 15.9 Å². The molecule has 0 unspecified atom stereocenters. The quantitative estimate of drug-likeness (QED) is 0.0761. The molecular formula is C56H51N3O7S2. The molecule has 0 spiro atoms. The number of aliphatic hydroxyl groups is 1. The minimum Gasteiger partial charge on any atom is -0.431 e. The van der Waals surface area contributed by atoms with Gasteiger partial charge in [-0.2, -0.15) is 4.72 Å². The Hall–Kier alpha value is -6.64. The maximum absolute atomic E-state index is 13.9. The van der Waals surface area contributed by atoms with Gasteiger partial charge < -0.3 is 24.3 Å². The van der Waals surface area contributed by atoms with Gasteiger partial charge in [0, 0.05) is 35.4 Å². The van der Waals surface area contributed by atoms with E-state index in [4.69, 9.17) is 18.9 Å².